The first-order valence-corrected chi connectivity index (χ1v) is 6.61. The number of carbonyl (C=O) groups is 1. The number of rotatable bonds is 6. The summed E-state index contributed by atoms with van der Waals surface area (Å²) in [6, 6.07) is 0.417. The standard InChI is InChI=1S/C13H26N2O2/c1-5-14-13(3,12(16)17-4)10-11(2)15-8-6-7-9-15/h11,14H,5-10H2,1-4H3. The number of carbonyl (C=O) groups excluding carboxylic acids is 1. The summed E-state index contributed by atoms with van der Waals surface area (Å²) in [5.74, 6) is -0.162. The van der Waals surface area contributed by atoms with Gasteiger partial charge in [-0.25, -0.2) is 0 Å². The molecule has 0 aromatic heterocycles. The van der Waals surface area contributed by atoms with E-state index in [0.29, 0.717) is 6.04 Å². The predicted octanol–water partition coefficient (Wildman–Crippen LogP) is 1.40. The van der Waals surface area contributed by atoms with Gasteiger partial charge in [0.2, 0.25) is 0 Å². The molecule has 4 heteroatoms. The Morgan fingerprint density at radius 1 is 1.47 bits per heavy atom. The fourth-order valence-corrected chi connectivity index (χ4v) is 2.75. The zero-order valence-electron chi connectivity index (χ0n) is 11.6. The normalized spacial score (nSPS) is 22.1. The number of methoxy groups -OCH3 is 1. The summed E-state index contributed by atoms with van der Waals surface area (Å²) in [4.78, 5) is 14.3. The molecule has 1 aliphatic rings. The number of hydrogen-bond donors (Lipinski definition) is 1. The second kappa shape index (κ2) is 6.36. The minimum Gasteiger partial charge on any atom is -0.468 e. The van der Waals surface area contributed by atoms with E-state index >= 15 is 0 Å². The molecule has 0 bridgehead atoms. The van der Waals surface area contributed by atoms with Gasteiger partial charge in [0.1, 0.15) is 5.54 Å². The average molecular weight is 242 g/mol. The van der Waals surface area contributed by atoms with Gasteiger partial charge in [-0.3, -0.25) is 4.79 Å². The third-order valence-corrected chi connectivity index (χ3v) is 3.67. The zero-order chi connectivity index (χ0) is 12.9. The minimum atomic E-state index is -0.564. The minimum absolute atomic E-state index is 0.162. The number of hydrogen-bond acceptors (Lipinski definition) is 4. The predicted molar refractivity (Wildman–Crippen MR) is 69.0 cm³/mol. The Morgan fingerprint density at radius 2 is 2.06 bits per heavy atom. The molecule has 0 radical (unpaired) electrons. The Labute approximate surface area is 105 Å². The van der Waals surface area contributed by atoms with E-state index in [0.717, 1.165) is 26.1 Å². The first kappa shape index (κ1) is 14.5. The highest BCUT2D eigenvalue weighted by atomic mass is 16.5. The quantitative estimate of drug-likeness (QED) is 0.715. The van der Waals surface area contributed by atoms with Crippen LogP contribution in [0.25, 0.3) is 0 Å². The fourth-order valence-electron chi connectivity index (χ4n) is 2.75. The van der Waals surface area contributed by atoms with Gasteiger partial charge in [0.25, 0.3) is 0 Å². The summed E-state index contributed by atoms with van der Waals surface area (Å²) in [6.45, 7) is 9.24. The van der Waals surface area contributed by atoms with Crippen LogP contribution in [-0.2, 0) is 9.53 Å². The van der Waals surface area contributed by atoms with Crippen LogP contribution in [0, 0.1) is 0 Å². The monoisotopic (exact) mass is 242 g/mol. The summed E-state index contributed by atoms with van der Waals surface area (Å²) in [7, 11) is 1.46. The smallest absolute Gasteiger partial charge is 0.325 e. The molecule has 1 heterocycles. The average Bonchev–Trinajstić information content (AvgIpc) is 2.81. The molecule has 1 rings (SSSR count). The molecule has 4 nitrogen and oxygen atoms in total. The van der Waals surface area contributed by atoms with Crippen LogP contribution in [-0.4, -0.2) is 49.2 Å². The van der Waals surface area contributed by atoms with Gasteiger partial charge in [-0.05, 0) is 52.7 Å². The number of ether oxygens (including phenoxy) is 1. The van der Waals surface area contributed by atoms with E-state index in [1.54, 1.807) is 0 Å². The molecule has 0 spiro atoms. The lowest BCUT2D eigenvalue weighted by atomic mass is 9.93. The molecule has 0 saturated carbocycles. The molecule has 0 aliphatic carbocycles. The Morgan fingerprint density at radius 3 is 2.53 bits per heavy atom. The van der Waals surface area contributed by atoms with Crippen LogP contribution in [0.15, 0.2) is 0 Å². The van der Waals surface area contributed by atoms with Crippen molar-refractivity contribution in [1.29, 1.82) is 0 Å². The van der Waals surface area contributed by atoms with Gasteiger partial charge >= 0.3 is 5.97 Å². The SMILES string of the molecule is CCNC(C)(CC(C)N1CCCC1)C(=O)OC. The van der Waals surface area contributed by atoms with E-state index in [2.05, 4.69) is 17.1 Å². The number of likely N-dealkylation sites (N-methyl/N-ethyl adjacent to an activating group) is 1. The second-order valence-corrected chi connectivity index (χ2v) is 5.15. The van der Waals surface area contributed by atoms with Crippen molar-refractivity contribution < 1.29 is 9.53 Å². The molecule has 1 aliphatic heterocycles. The number of esters is 1. The number of nitrogens with one attached hydrogen (secondary N) is 1. The Kier molecular flexibility index (Phi) is 5.40. The maximum absolute atomic E-state index is 11.9. The third-order valence-electron chi connectivity index (χ3n) is 3.67. The van der Waals surface area contributed by atoms with Gasteiger partial charge in [-0.1, -0.05) is 6.92 Å². The summed E-state index contributed by atoms with van der Waals surface area (Å²) >= 11 is 0. The molecular weight excluding hydrogens is 216 g/mol. The third kappa shape index (κ3) is 3.68. The van der Waals surface area contributed by atoms with Crippen molar-refractivity contribution in [3.8, 4) is 0 Å². The van der Waals surface area contributed by atoms with Crippen molar-refractivity contribution in [1.82, 2.24) is 10.2 Å². The van der Waals surface area contributed by atoms with E-state index in [9.17, 15) is 4.79 Å². The first-order valence-electron chi connectivity index (χ1n) is 6.61. The summed E-state index contributed by atoms with van der Waals surface area (Å²) in [6.07, 6.45) is 3.36. The van der Waals surface area contributed by atoms with Crippen LogP contribution < -0.4 is 5.32 Å². The van der Waals surface area contributed by atoms with E-state index in [4.69, 9.17) is 4.74 Å². The number of nitrogens with zero attached hydrogens (tertiary/aromatic N) is 1. The second-order valence-electron chi connectivity index (χ2n) is 5.15. The number of likely N-dealkylation sites (tertiary alicyclic amines) is 1. The van der Waals surface area contributed by atoms with Gasteiger partial charge in [-0.15, -0.1) is 0 Å². The lowest BCUT2D eigenvalue weighted by Gasteiger charge is -2.34. The van der Waals surface area contributed by atoms with Gasteiger partial charge in [0.05, 0.1) is 7.11 Å². The molecule has 1 fully saturated rings. The Hall–Kier alpha value is -0.610. The van der Waals surface area contributed by atoms with Gasteiger partial charge in [0, 0.05) is 6.04 Å². The molecule has 0 aromatic rings. The maximum atomic E-state index is 11.9. The van der Waals surface area contributed by atoms with Crippen LogP contribution >= 0.6 is 0 Å². The van der Waals surface area contributed by atoms with Crippen LogP contribution in [0.3, 0.4) is 0 Å². The van der Waals surface area contributed by atoms with Crippen molar-refractivity contribution >= 4 is 5.97 Å². The van der Waals surface area contributed by atoms with Gasteiger partial charge < -0.3 is 15.0 Å². The molecule has 17 heavy (non-hydrogen) atoms. The van der Waals surface area contributed by atoms with E-state index in [1.165, 1.54) is 20.0 Å². The topological polar surface area (TPSA) is 41.6 Å². The van der Waals surface area contributed by atoms with E-state index in [1.807, 2.05) is 13.8 Å². The molecule has 100 valence electrons. The van der Waals surface area contributed by atoms with Crippen molar-refractivity contribution in [2.75, 3.05) is 26.7 Å². The molecule has 2 unspecified atom stereocenters. The summed E-state index contributed by atoms with van der Waals surface area (Å²) in [5, 5.41) is 3.26. The largest absolute Gasteiger partial charge is 0.468 e. The lowest BCUT2D eigenvalue weighted by molar-refractivity contribution is -0.148. The first-order chi connectivity index (χ1) is 8.03. The van der Waals surface area contributed by atoms with E-state index < -0.39 is 5.54 Å². The van der Waals surface area contributed by atoms with Crippen molar-refractivity contribution in [3.63, 3.8) is 0 Å². The molecule has 0 amide bonds. The van der Waals surface area contributed by atoms with Gasteiger partial charge in [-0.2, -0.15) is 0 Å². The molecule has 1 saturated heterocycles. The molecular formula is C13H26N2O2. The summed E-state index contributed by atoms with van der Waals surface area (Å²) in [5.41, 5.74) is -0.564. The lowest BCUT2D eigenvalue weighted by Crippen LogP contribution is -2.53. The fraction of sp³-hybridized carbons (Fsp3) is 0.923. The highest BCUT2D eigenvalue weighted by Gasteiger charge is 2.36. The van der Waals surface area contributed by atoms with Gasteiger partial charge in [0.15, 0.2) is 0 Å². The van der Waals surface area contributed by atoms with Crippen LogP contribution in [0.2, 0.25) is 0 Å². The maximum Gasteiger partial charge on any atom is 0.325 e. The van der Waals surface area contributed by atoms with Crippen molar-refractivity contribution in [3.05, 3.63) is 0 Å². The molecule has 1 N–H and O–H groups in total. The van der Waals surface area contributed by atoms with Crippen LogP contribution in [0.5, 0.6) is 0 Å². The molecule has 2 atom stereocenters. The van der Waals surface area contributed by atoms with Crippen LogP contribution in [0.1, 0.15) is 40.0 Å². The van der Waals surface area contributed by atoms with E-state index in [-0.39, 0.29) is 5.97 Å². The zero-order valence-corrected chi connectivity index (χ0v) is 11.6. The van der Waals surface area contributed by atoms with Crippen molar-refractivity contribution in [2.45, 2.75) is 51.6 Å². The Bertz CT molecular complexity index is 252. The molecule has 0 aromatic carbocycles. The van der Waals surface area contributed by atoms with Crippen LogP contribution in [0.4, 0.5) is 0 Å². The Balaban J connectivity index is 2.61. The highest BCUT2D eigenvalue weighted by Crippen LogP contribution is 2.21. The van der Waals surface area contributed by atoms with Crippen molar-refractivity contribution in [2.24, 2.45) is 0 Å². The summed E-state index contributed by atoms with van der Waals surface area (Å²) < 4.78 is 4.91. The highest BCUT2D eigenvalue weighted by molar-refractivity contribution is 5.80.